The molecule has 2 aromatic rings. The van der Waals surface area contributed by atoms with E-state index in [0.717, 1.165) is 37.2 Å². The number of carbonyl (C=O) groups is 1. The first-order valence-electron chi connectivity index (χ1n) is 11.4. The van der Waals surface area contributed by atoms with Crippen molar-refractivity contribution in [2.45, 2.75) is 52.0 Å². The van der Waals surface area contributed by atoms with E-state index in [-0.39, 0.29) is 11.9 Å². The first kappa shape index (κ1) is 23.0. The van der Waals surface area contributed by atoms with Gasteiger partial charge in [-0.3, -0.25) is 9.78 Å². The molecule has 0 unspecified atom stereocenters. The van der Waals surface area contributed by atoms with E-state index in [0.29, 0.717) is 35.3 Å². The Morgan fingerprint density at radius 2 is 2.00 bits per heavy atom. The molecule has 8 heteroatoms. The van der Waals surface area contributed by atoms with Gasteiger partial charge in [0.15, 0.2) is 0 Å². The van der Waals surface area contributed by atoms with Crippen molar-refractivity contribution in [3.8, 4) is 0 Å². The predicted molar refractivity (Wildman–Crippen MR) is 130 cm³/mol. The van der Waals surface area contributed by atoms with E-state index in [1.54, 1.807) is 12.3 Å². The van der Waals surface area contributed by atoms with Crippen molar-refractivity contribution in [1.29, 1.82) is 0 Å². The zero-order chi connectivity index (χ0) is 23.2. The molecule has 7 nitrogen and oxygen atoms in total. The Morgan fingerprint density at radius 1 is 1.18 bits per heavy atom. The lowest BCUT2D eigenvalue weighted by atomic mass is 9.99. The van der Waals surface area contributed by atoms with E-state index in [4.69, 9.17) is 16.3 Å². The van der Waals surface area contributed by atoms with Crippen LogP contribution in [0.1, 0.15) is 56.8 Å². The second kappa shape index (κ2) is 10.6. The van der Waals surface area contributed by atoms with Crippen LogP contribution < -0.4 is 5.43 Å². The Kier molecular flexibility index (Phi) is 7.40. The van der Waals surface area contributed by atoms with Gasteiger partial charge in [0.1, 0.15) is 11.4 Å². The molecular weight excluding hydrogens is 438 g/mol. The monoisotopic (exact) mass is 465 g/mol. The molecule has 0 aliphatic carbocycles. The summed E-state index contributed by atoms with van der Waals surface area (Å²) in [4.78, 5) is 24.0. The van der Waals surface area contributed by atoms with Gasteiger partial charge in [-0.1, -0.05) is 62.2 Å². The average molecular weight is 466 g/mol. The summed E-state index contributed by atoms with van der Waals surface area (Å²) in [5, 5.41) is 4.83. The molecule has 1 aromatic heterocycles. The Morgan fingerprint density at radius 3 is 2.70 bits per heavy atom. The van der Waals surface area contributed by atoms with Crippen LogP contribution in [-0.2, 0) is 16.0 Å². The number of nitrogens with zero attached hydrogens (tertiary/aromatic N) is 4. The molecule has 0 bridgehead atoms. The highest BCUT2D eigenvalue weighted by molar-refractivity contribution is 6.30. The third-order valence-corrected chi connectivity index (χ3v) is 5.97. The standard InChI is InChI=1S/C25H28ClN5O2/c1-3-5-11-22-28-24(32)20(16-31(22)21(4-2)17-9-7-6-8-10-17)25-30-29-23(33-25)14-19-13-12-18(26)15-27-19/h6-10,12-13,15,21,30H,3-5,11,14,16H2,1-2H3/t21-/m0/s1. The van der Waals surface area contributed by atoms with E-state index in [1.165, 1.54) is 5.56 Å². The number of amides is 1. The minimum atomic E-state index is -0.274. The van der Waals surface area contributed by atoms with Gasteiger partial charge in [0.25, 0.3) is 5.91 Å². The van der Waals surface area contributed by atoms with Crippen molar-refractivity contribution in [3.63, 3.8) is 0 Å². The van der Waals surface area contributed by atoms with Crippen LogP contribution in [0.15, 0.2) is 70.2 Å². The van der Waals surface area contributed by atoms with E-state index in [2.05, 4.69) is 51.4 Å². The zero-order valence-electron chi connectivity index (χ0n) is 18.9. The molecule has 0 radical (unpaired) electrons. The van der Waals surface area contributed by atoms with Gasteiger partial charge in [0.2, 0.25) is 11.8 Å². The Hall–Kier alpha value is -3.19. The third-order valence-electron chi connectivity index (χ3n) is 5.75. The fraction of sp³-hybridized carbons (Fsp3) is 0.360. The smallest absolute Gasteiger partial charge is 0.281 e. The van der Waals surface area contributed by atoms with Crippen LogP contribution >= 0.6 is 11.6 Å². The number of rotatable bonds is 8. The molecule has 1 N–H and O–H groups in total. The number of benzene rings is 1. The van der Waals surface area contributed by atoms with Crippen molar-refractivity contribution in [1.82, 2.24) is 15.3 Å². The molecule has 0 saturated carbocycles. The van der Waals surface area contributed by atoms with E-state index in [9.17, 15) is 4.79 Å². The van der Waals surface area contributed by atoms with Gasteiger partial charge in [-0.2, -0.15) is 4.99 Å². The second-order valence-electron chi connectivity index (χ2n) is 8.07. The van der Waals surface area contributed by atoms with Crippen LogP contribution in [0.3, 0.4) is 0 Å². The van der Waals surface area contributed by atoms with Crippen LogP contribution in [0.2, 0.25) is 5.02 Å². The molecule has 2 aliphatic rings. The van der Waals surface area contributed by atoms with Gasteiger partial charge in [-0.15, -0.1) is 5.10 Å². The Balaban J connectivity index is 1.58. The number of pyridine rings is 1. The summed E-state index contributed by atoms with van der Waals surface area (Å²) in [7, 11) is 0. The first-order valence-corrected chi connectivity index (χ1v) is 11.7. The van der Waals surface area contributed by atoms with Crippen molar-refractivity contribution in [2.24, 2.45) is 10.1 Å². The topological polar surface area (TPSA) is 79.2 Å². The molecule has 33 heavy (non-hydrogen) atoms. The van der Waals surface area contributed by atoms with E-state index >= 15 is 0 Å². The number of unbranched alkanes of at least 4 members (excludes halogenated alkanes) is 1. The van der Waals surface area contributed by atoms with Gasteiger partial charge in [0, 0.05) is 18.3 Å². The van der Waals surface area contributed by atoms with Crippen LogP contribution in [0.4, 0.5) is 0 Å². The number of amidine groups is 1. The van der Waals surface area contributed by atoms with Crippen molar-refractivity contribution < 1.29 is 9.53 Å². The molecule has 0 fully saturated rings. The first-order chi connectivity index (χ1) is 16.1. The normalized spacial score (nSPS) is 19.0. The Labute approximate surface area is 199 Å². The SMILES string of the molecule is CCCCC1=NC(=O)C(=C2NN=C(Cc3ccc(Cl)cn3)O2)CN1[C@@H](CC)c1ccccc1. The number of hydrazone groups is 1. The summed E-state index contributed by atoms with van der Waals surface area (Å²) in [6.45, 7) is 4.71. The minimum Gasteiger partial charge on any atom is -0.423 e. The predicted octanol–water partition coefficient (Wildman–Crippen LogP) is 5.00. The quantitative estimate of drug-likeness (QED) is 0.554. The fourth-order valence-corrected chi connectivity index (χ4v) is 4.14. The summed E-state index contributed by atoms with van der Waals surface area (Å²) in [5.41, 5.74) is 5.35. The second-order valence-corrected chi connectivity index (χ2v) is 8.51. The summed E-state index contributed by atoms with van der Waals surface area (Å²) in [6.07, 6.45) is 5.67. The molecular formula is C25H28ClN5O2. The maximum atomic E-state index is 13.0. The number of aliphatic imine (C=N–C) groups is 1. The maximum Gasteiger partial charge on any atom is 0.281 e. The lowest BCUT2D eigenvalue weighted by Gasteiger charge is -2.37. The molecule has 4 rings (SSSR count). The van der Waals surface area contributed by atoms with Crippen molar-refractivity contribution in [2.75, 3.05) is 6.54 Å². The summed E-state index contributed by atoms with van der Waals surface area (Å²) < 4.78 is 5.92. The van der Waals surface area contributed by atoms with Gasteiger partial charge < -0.3 is 9.64 Å². The number of ether oxygens (including phenoxy) is 1. The maximum absolute atomic E-state index is 13.0. The largest absolute Gasteiger partial charge is 0.423 e. The van der Waals surface area contributed by atoms with Crippen LogP contribution in [0, 0.1) is 0 Å². The van der Waals surface area contributed by atoms with Crippen LogP contribution in [0.25, 0.3) is 0 Å². The lowest BCUT2D eigenvalue weighted by Crippen LogP contribution is -2.42. The highest BCUT2D eigenvalue weighted by atomic mass is 35.5. The third kappa shape index (κ3) is 5.42. The number of hydrogen-bond donors (Lipinski definition) is 1. The lowest BCUT2D eigenvalue weighted by molar-refractivity contribution is -0.115. The molecule has 1 atom stereocenters. The highest BCUT2D eigenvalue weighted by Crippen LogP contribution is 2.30. The summed E-state index contributed by atoms with van der Waals surface area (Å²) in [5.74, 6) is 1.35. The number of nitrogens with one attached hydrogen (secondary N) is 1. The summed E-state index contributed by atoms with van der Waals surface area (Å²) >= 11 is 5.91. The zero-order valence-corrected chi connectivity index (χ0v) is 19.7. The number of aromatic nitrogens is 1. The van der Waals surface area contributed by atoms with Crippen LogP contribution in [0.5, 0.6) is 0 Å². The molecule has 172 valence electrons. The van der Waals surface area contributed by atoms with E-state index in [1.807, 2.05) is 24.3 Å². The average Bonchev–Trinajstić information content (AvgIpc) is 3.29. The van der Waals surface area contributed by atoms with Gasteiger partial charge in [-0.25, -0.2) is 5.43 Å². The molecule has 0 spiro atoms. The van der Waals surface area contributed by atoms with E-state index < -0.39 is 0 Å². The number of halogens is 1. The number of hydrogen-bond acceptors (Lipinski definition) is 6. The summed E-state index contributed by atoms with van der Waals surface area (Å²) in [6, 6.07) is 14.1. The molecule has 1 aromatic carbocycles. The molecule has 1 amide bonds. The fourth-order valence-electron chi connectivity index (χ4n) is 4.03. The number of carbonyl (C=O) groups excluding carboxylic acids is 1. The van der Waals surface area contributed by atoms with Crippen molar-refractivity contribution >= 4 is 29.2 Å². The molecule has 3 heterocycles. The van der Waals surface area contributed by atoms with Gasteiger partial charge in [-0.05, 0) is 30.5 Å². The molecule has 0 saturated heterocycles. The molecule has 2 aliphatic heterocycles. The van der Waals surface area contributed by atoms with Gasteiger partial charge >= 0.3 is 0 Å². The minimum absolute atomic E-state index is 0.116. The van der Waals surface area contributed by atoms with Crippen LogP contribution in [-0.4, -0.2) is 34.1 Å². The van der Waals surface area contributed by atoms with Gasteiger partial charge in [0.05, 0.1) is 24.0 Å². The highest BCUT2D eigenvalue weighted by Gasteiger charge is 2.33. The Bertz CT molecular complexity index is 1080. The van der Waals surface area contributed by atoms with Crippen molar-refractivity contribution in [3.05, 3.63) is 76.4 Å².